The third-order valence-corrected chi connectivity index (χ3v) is 6.04. The third kappa shape index (κ3) is 3.95. The summed E-state index contributed by atoms with van der Waals surface area (Å²) in [6, 6.07) is 14.7. The van der Waals surface area contributed by atoms with Crippen molar-refractivity contribution in [1.82, 2.24) is 9.47 Å². The van der Waals surface area contributed by atoms with Gasteiger partial charge in [-0.05, 0) is 37.1 Å². The molecular formula is C24H26N2O4. The number of hydrogen-bond donors (Lipinski definition) is 0. The second kappa shape index (κ2) is 8.69. The lowest BCUT2D eigenvalue weighted by Gasteiger charge is -2.31. The zero-order valence-electron chi connectivity index (χ0n) is 17.2. The van der Waals surface area contributed by atoms with Gasteiger partial charge in [-0.15, -0.1) is 0 Å². The first-order valence-electron chi connectivity index (χ1n) is 10.5. The molecule has 0 spiro atoms. The minimum atomic E-state index is -0.501. The number of hydrogen-bond acceptors (Lipinski definition) is 4. The van der Waals surface area contributed by atoms with Gasteiger partial charge in [0.2, 0.25) is 0 Å². The predicted molar refractivity (Wildman–Crippen MR) is 116 cm³/mol. The molecule has 1 aliphatic rings. The van der Waals surface area contributed by atoms with Gasteiger partial charge >= 0.3 is 5.97 Å². The van der Waals surface area contributed by atoms with Crippen LogP contribution in [0.15, 0.2) is 53.3 Å². The molecule has 0 bridgehead atoms. The van der Waals surface area contributed by atoms with Gasteiger partial charge in [0.05, 0.1) is 11.0 Å². The molecule has 6 nitrogen and oxygen atoms in total. The smallest absolute Gasteiger partial charge is 0.326 e. The number of para-hydroxylation sites is 2. The molecule has 1 heterocycles. The Morgan fingerprint density at radius 1 is 0.967 bits per heavy atom. The van der Waals surface area contributed by atoms with Gasteiger partial charge in [0, 0.05) is 23.9 Å². The van der Waals surface area contributed by atoms with E-state index in [9.17, 15) is 14.4 Å². The molecule has 0 radical (unpaired) electrons. The molecule has 30 heavy (non-hydrogen) atoms. The van der Waals surface area contributed by atoms with E-state index in [-0.39, 0.29) is 30.5 Å². The molecule has 156 valence electrons. The van der Waals surface area contributed by atoms with Crippen LogP contribution in [0.4, 0.5) is 0 Å². The normalized spacial score (nSPS) is 14.7. The van der Waals surface area contributed by atoms with Crippen LogP contribution >= 0.6 is 0 Å². The molecule has 1 fully saturated rings. The number of amides is 1. The summed E-state index contributed by atoms with van der Waals surface area (Å²) in [5, 5.41) is 1.11. The lowest BCUT2D eigenvalue weighted by atomic mass is 9.94. The van der Waals surface area contributed by atoms with Crippen LogP contribution < -0.4 is 5.43 Å². The van der Waals surface area contributed by atoms with Crippen molar-refractivity contribution >= 4 is 33.7 Å². The summed E-state index contributed by atoms with van der Waals surface area (Å²) in [4.78, 5) is 39.6. The first-order valence-corrected chi connectivity index (χ1v) is 10.5. The van der Waals surface area contributed by atoms with Crippen LogP contribution in [0.3, 0.4) is 0 Å². The molecule has 6 heteroatoms. The first-order chi connectivity index (χ1) is 14.6. The van der Waals surface area contributed by atoms with Gasteiger partial charge in [-0.2, -0.15) is 0 Å². The van der Waals surface area contributed by atoms with Crippen LogP contribution in [0.5, 0.6) is 0 Å². The average molecular weight is 406 g/mol. The Morgan fingerprint density at radius 2 is 1.53 bits per heavy atom. The SMILES string of the molecule is CN(C(=O)COC(=O)Cn1c2ccccc2c(=O)c2ccccc21)C1CCCCC1. The second-order valence-electron chi connectivity index (χ2n) is 7.91. The van der Waals surface area contributed by atoms with Gasteiger partial charge in [0.15, 0.2) is 12.0 Å². The summed E-state index contributed by atoms with van der Waals surface area (Å²) in [5.74, 6) is -0.677. The lowest BCUT2D eigenvalue weighted by Crippen LogP contribution is -2.40. The Labute approximate surface area is 175 Å². The summed E-state index contributed by atoms with van der Waals surface area (Å²) < 4.78 is 7.10. The van der Waals surface area contributed by atoms with Crippen molar-refractivity contribution in [1.29, 1.82) is 0 Å². The number of benzene rings is 2. The number of carbonyl (C=O) groups excluding carboxylic acids is 2. The third-order valence-electron chi connectivity index (χ3n) is 6.04. The van der Waals surface area contributed by atoms with E-state index < -0.39 is 5.97 Å². The molecule has 1 amide bonds. The van der Waals surface area contributed by atoms with E-state index in [0.29, 0.717) is 21.8 Å². The highest BCUT2D eigenvalue weighted by Gasteiger charge is 2.23. The highest BCUT2D eigenvalue weighted by atomic mass is 16.5. The van der Waals surface area contributed by atoms with Crippen molar-refractivity contribution in [2.45, 2.75) is 44.7 Å². The standard InChI is InChI=1S/C24H26N2O4/c1-25(17-9-3-2-4-10-17)22(27)16-30-23(28)15-26-20-13-7-5-11-18(20)24(29)19-12-6-8-14-21(19)26/h5-8,11-14,17H,2-4,9-10,15-16H2,1H3. The molecule has 4 rings (SSSR count). The number of esters is 1. The lowest BCUT2D eigenvalue weighted by molar-refractivity contribution is -0.153. The maximum atomic E-state index is 12.8. The largest absolute Gasteiger partial charge is 0.454 e. The number of fused-ring (bicyclic) bond motifs is 2. The fourth-order valence-electron chi connectivity index (χ4n) is 4.34. The van der Waals surface area contributed by atoms with Crippen LogP contribution in [0.2, 0.25) is 0 Å². The van der Waals surface area contributed by atoms with Crippen molar-refractivity contribution in [3.05, 3.63) is 58.8 Å². The molecule has 0 aliphatic heterocycles. The van der Waals surface area contributed by atoms with Crippen LogP contribution in [0, 0.1) is 0 Å². The van der Waals surface area contributed by atoms with Gasteiger partial charge in [-0.25, -0.2) is 0 Å². The number of aromatic nitrogens is 1. The van der Waals surface area contributed by atoms with Crippen molar-refractivity contribution in [2.75, 3.05) is 13.7 Å². The molecule has 3 aromatic rings. The highest BCUT2D eigenvalue weighted by molar-refractivity contribution is 5.94. The van der Waals surface area contributed by atoms with E-state index in [0.717, 1.165) is 25.7 Å². The molecule has 1 aliphatic carbocycles. The van der Waals surface area contributed by atoms with Gasteiger partial charge in [-0.1, -0.05) is 43.5 Å². The minimum Gasteiger partial charge on any atom is -0.454 e. The van der Waals surface area contributed by atoms with Crippen molar-refractivity contribution in [2.24, 2.45) is 0 Å². The van der Waals surface area contributed by atoms with E-state index in [2.05, 4.69) is 0 Å². The topological polar surface area (TPSA) is 68.6 Å². The van der Waals surface area contributed by atoms with E-state index >= 15 is 0 Å². The highest BCUT2D eigenvalue weighted by Crippen LogP contribution is 2.22. The van der Waals surface area contributed by atoms with Gasteiger partial charge in [0.1, 0.15) is 6.54 Å². The Hall–Kier alpha value is -3.15. The fourth-order valence-corrected chi connectivity index (χ4v) is 4.34. The fraction of sp³-hybridized carbons (Fsp3) is 0.375. The van der Waals surface area contributed by atoms with Crippen molar-refractivity contribution in [3.8, 4) is 0 Å². The Morgan fingerprint density at radius 3 is 2.13 bits per heavy atom. The number of carbonyl (C=O) groups is 2. The molecule has 2 aromatic carbocycles. The molecule has 0 unspecified atom stereocenters. The number of pyridine rings is 1. The van der Waals surface area contributed by atoms with Crippen molar-refractivity contribution in [3.63, 3.8) is 0 Å². The summed E-state index contributed by atoms with van der Waals surface area (Å²) in [5.41, 5.74) is 1.28. The summed E-state index contributed by atoms with van der Waals surface area (Å²) >= 11 is 0. The monoisotopic (exact) mass is 406 g/mol. The molecular weight excluding hydrogens is 380 g/mol. The Bertz CT molecular complexity index is 1080. The number of nitrogens with zero attached hydrogens (tertiary/aromatic N) is 2. The Kier molecular flexibility index (Phi) is 5.84. The first kappa shape index (κ1) is 20.1. The maximum Gasteiger partial charge on any atom is 0.326 e. The summed E-state index contributed by atoms with van der Waals surface area (Å²) in [6.07, 6.45) is 5.50. The van der Waals surface area contributed by atoms with E-state index in [4.69, 9.17) is 4.74 Å². The predicted octanol–water partition coefficient (Wildman–Crippen LogP) is 3.49. The molecule has 0 saturated heterocycles. The average Bonchev–Trinajstić information content (AvgIpc) is 2.80. The van der Waals surface area contributed by atoms with Crippen LogP contribution in [-0.2, 0) is 20.9 Å². The summed E-state index contributed by atoms with van der Waals surface area (Å²) in [6.45, 7) is -0.330. The second-order valence-corrected chi connectivity index (χ2v) is 7.91. The van der Waals surface area contributed by atoms with Crippen LogP contribution in [-0.4, -0.2) is 41.0 Å². The van der Waals surface area contributed by atoms with Gasteiger partial charge in [-0.3, -0.25) is 14.4 Å². The van der Waals surface area contributed by atoms with E-state index in [1.165, 1.54) is 6.42 Å². The van der Waals surface area contributed by atoms with E-state index in [1.807, 2.05) is 24.3 Å². The molecule has 1 saturated carbocycles. The van der Waals surface area contributed by atoms with Crippen LogP contribution in [0.25, 0.3) is 21.8 Å². The molecule has 0 N–H and O–H groups in total. The van der Waals surface area contributed by atoms with Crippen LogP contribution in [0.1, 0.15) is 32.1 Å². The Balaban J connectivity index is 1.52. The zero-order chi connectivity index (χ0) is 21.1. The minimum absolute atomic E-state index is 0.0601. The molecule has 1 aromatic heterocycles. The molecule has 0 atom stereocenters. The van der Waals surface area contributed by atoms with E-state index in [1.54, 1.807) is 40.8 Å². The zero-order valence-corrected chi connectivity index (χ0v) is 17.2. The maximum absolute atomic E-state index is 12.8. The van der Waals surface area contributed by atoms with Gasteiger partial charge < -0.3 is 14.2 Å². The van der Waals surface area contributed by atoms with Gasteiger partial charge in [0.25, 0.3) is 5.91 Å². The number of ether oxygens (including phenoxy) is 1. The summed E-state index contributed by atoms with van der Waals surface area (Å²) in [7, 11) is 1.79. The van der Waals surface area contributed by atoms with Crippen molar-refractivity contribution < 1.29 is 14.3 Å². The number of likely N-dealkylation sites (N-methyl/N-ethyl adjacent to an activating group) is 1. The number of rotatable bonds is 5. The quantitative estimate of drug-likeness (QED) is 0.480.